The van der Waals surface area contributed by atoms with Crippen molar-refractivity contribution in [3.05, 3.63) is 0 Å². The highest BCUT2D eigenvalue weighted by Crippen LogP contribution is 2.65. The lowest BCUT2D eigenvalue weighted by molar-refractivity contribution is -0.196. The second-order valence-electron chi connectivity index (χ2n) is 9.71. The smallest absolute Gasteiger partial charge is 0.303 e. The number of carbonyl (C=O) groups excluding carboxylic acids is 1. The molecule has 0 bridgehead atoms. The van der Waals surface area contributed by atoms with E-state index in [1.54, 1.807) is 0 Å². The highest BCUT2D eigenvalue weighted by molar-refractivity contribution is 5.50. The summed E-state index contributed by atoms with van der Waals surface area (Å²) in [5.41, 5.74) is 0.304. The van der Waals surface area contributed by atoms with E-state index in [1.165, 1.54) is 25.7 Å². The van der Waals surface area contributed by atoms with Crippen LogP contribution in [0.3, 0.4) is 0 Å². The average Bonchev–Trinajstić information content (AvgIpc) is 2.90. The van der Waals surface area contributed by atoms with Crippen molar-refractivity contribution in [1.82, 2.24) is 0 Å². The zero-order chi connectivity index (χ0) is 17.8. The molecule has 0 aromatic carbocycles. The summed E-state index contributed by atoms with van der Waals surface area (Å²) in [5.74, 6) is 2.39. The van der Waals surface area contributed by atoms with E-state index in [-0.39, 0.29) is 0 Å². The number of aldehydes is 1. The highest BCUT2D eigenvalue weighted by Gasteiger charge is 2.57. The molecule has 4 heteroatoms. The minimum Gasteiger partial charge on any atom is -0.303 e. The molecule has 4 aliphatic carbocycles. The van der Waals surface area contributed by atoms with Gasteiger partial charge in [-0.05, 0) is 98.7 Å². The van der Waals surface area contributed by atoms with Gasteiger partial charge in [-0.25, -0.2) is 0 Å². The Kier molecular flexibility index (Phi) is 4.47. The molecule has 4 fully saturated rings. The molecule has 5 unspecified atom stereocenters. The van der Waals surface area contributed by atoms with Gasteiger partial charge in [-0.1, -0.05) is 6.92 Å². The summed E-state index contributed by atoms with van der Waals surface area (Å²) in [6.45, 7) is 2.40. The molecule has 0 N–H and O–H groups in total. The first-order valence-corrected chi connectivity index (χ1v) is 10.3. The molecule has 0 saturated heterocycles. The Balaban J connectivity index is 1.49. The van der Waals surface area contributed by atoms with Gasteiger partial charge in [0.05, 0.1) is 5.92 Å². The minimum atomic E-state index is -4.00. The molecule has 8 atom stereocenters. The number of hydrogen-bond donors (Lipinski definition) is 0. The third-order valence-corrected chi connectivity index (χ3v) is 8.99. The van der Waals surface area contributed by atoms with Crippen LogP contribution in [0.4, 0.5) is 13.2 Å². The van der Waals surface area contributed by atoms with Crippen LogP contribution >= 0.6 is 0 Å². The maximum Gasteiger partial charge on any atom is 0.391 e. The largest absolute Gasteiger partial charge is 0.391 e. The monoisotopic (exact) mass is 356 g/mol. The number of fused-ring (bicyclic) bond motifs is 5. The van der Waals surface area contributed by atoms with Crippen molar-refractivity contribution in [2.75, 3.05) is 0 Å². The maximum absolute atomic E-state index is 13.1. The molecular weight excluding hydrogens is 325 g/mol. The van der Waals surface area contributed by atoms with Gasteiger partial charge in [0.2, 0.25) is 0 Å². The topological polar surface area (TPSA) is 17.1 Å². The van der Waals surface area contributed by atoms with Gasteiger partial charge >= 0.3 is 6.18 Å². The molecule has 0 spiro atoms. The molecule has 0 radical (unpaired) electrons. The third kappa shape index (κ3) is 2.86. The molecule has 0 aliphatic heterocycles. The summed E-state index contributed by atoms with van der Waals surface area (Å²) in [7, 11) is 0. The lowest BCUT2D eigenvalue weighted by Crippen LogP contribution is -2.49. The minimum absolute atomic E-state index is 0.304. The molecule has 25 heavy (non-hydrogen) atoms. The van der Waals surface area contributed by atoms with Crippen LogP contribution in [0.2, 0.25) is 0 Å². The van der Waals surface area contributed by atoms with Crippen molar-refractivity contribution in [2.24, 2.45) is 46.8 Å². The van der Waals surface area contributed by atoms with Crippen LogP contribution in [0.25, 0.3) is 0 Å². The normalized spacial score (nSPS) is 49.8. The second-order valence-corrected chi connectivity index (χ2v) is 9.71. The van der Waals surface area contributed by atoms with Crippen molar-refractivity contribution >= 4 is 6.29 Å². The Morgan fingerprint density at radius 2 is 1.72 bits per heavy atom. The fourth-order valence-electron chi connectivity index (χ4n) is 7.76. The number of carbonyl (C=O) groups is 1. The number of hydrogen-bond acceptors (Lipinski definition) is 1. The van der Waals surface area contributed by atoms with Crippen molar-refractivity contribution in [1.29, 1.82) is 0 Å². The van der Waals surface area contributed by atoms with E-state index in [0.29, 0.717) is 60.2 Å². The fraction of sp³-hybridized carbons (Fsp3) is 0.952. The van der Waals surface area contributed by atoms with Crippen LogP contribution in [-0.2, 0) is 4.79 Å². The fourth-order valence-corrected chi connectivity index (χ4v) is 7.76. The van der Waals surface area contributed by atoms with Crippen LogP contribution in [0.5, 0.6) is 0 Å². The van der Waals surface area contributed by atoms with E-state index >= 15 is 0 Å². The first-order valence-electron chi connectivity index (χ1n) is 10.3. The van der Waals surface area contributed by atoms with E-state index < -0.39 is 12.1 Å². The van der Waals surface area contributed by atoms with Crippen molar-refractivity contribution < 1.29 is 18.0 Å². The Labute approximate surface area is 149 Å². The lowest BCUT2D eigenvalue weighted by Gasteiger charge is -2.56. The summed E-state index contributed by atoms with van der Waals surface area (Å²) in [6, 6.07) is 0. The predicted octanol–water partition coefficient (Wildman–Crippen LogP) is 6.02. The van der Waals surface area contributed by atoms with Gasteiger partial charge in [0.1, 0.15) is 6.29 Å². The first-order chi connectivity index (χ1) is 11.8. The zero-order valence-corrected chi connectivity index (χ0v) is 15.2. The standard InChI is InChI=1S/C21H31F3O/c1-20-10-8-17-16-6-3-15(21(22,23)24)12-13(16)2-5-18(17)19(20)7-4-14(20)9-11-25/h11,13-19H,2-10,12H2,1H3/t13?,14?,15?,16-,17?,18+,19?,20+/m0/s1. The van der Waals surface area contributed by atoms with Crippen molar-refractivity contribution in [3.63, 3.8) is 0 Å². The van der Waals surface area contributed by atoms with Gasteiger partial charge in [-0.3, -0.25) is 0 Å². The summed E-state index contributed by atoms with van der Waals surface area (Å²) in [6.07, 6.45) is 6.23. The molecule has 4 saturated carbocycles. The van der Waals surface area contributed by atoms with Crippen LogP contribution in [0.15, 0.2) is 0 Å². The molecule has 0 amide bonds. The van der Waals surface area contributed by atoms with Gasteiger partial charge in [0.25, 0.3) is 0 Å². The second kappa shape index (κ2) is 6.27. The number of halogens is 3. The van der Waals surface area contributed by atoms with Crippen LogP contribution < -0.4 is 0 Å². The van der Waals surface area contributed by atoms with Crippen molar-refractivity contribution in [2.45, 2.75) is 77.3 Å². The van der Waals surface area contributed by atoms with E-state index in [1.807, 2.05) is 0 Å². The molecule has 4 aliphatic rings. The first kappa shape index (κ1) is 17.9. The van der Waals surface area contributed by atoms with Crippen LogP contribution in [0, 0.1) is 46.8 Å². The summed E-state index contributed by atoms with van der Waals surface area (Å²) in [4.78, 5) is 11.1. The van der Waals surface area contributed by atoms with E-state index in [2.05, 4.69) is 6.92 Å². The molecule has 4 rings (SSSR count). The van der Waals surface area contributed by atoms with Crippen LogP contribution in [-0.4, -0.2) is 12.5 Å². The SMILES string of the molecule is C[C@]12CCC3[C@@H](CCC4CC(C(F)(F)F)CC[C@@H]43)C1CCC2CC=O. The Bertz CT molecular complexity index is 516. The van der Waals surface area contributed by atoms with E-state index in [9.17, 15) is 18.0 Å². The Hall–Kier alpha value is -0.540. The van der Waals surface area contributed by atoms with Gasteiger partial charge < -0.3 is 4.79 Å². The molecule has 1 nitrogen and oxygen atoms in total. The quantitative estimate of drug-likeness (QED) is 0.553. The Morgan fingerprint density at radius 1 is 0.960 bits per heavy atom. The zero-order valence-electron chi connectivity index (χ0n) is 15.2. The van der Waals surface area contributed by atoms with E-state index in [0.717, 1.165) is 25.5 Å². The van der Waals surface area contributed by atoms with Crippen LogP contribution in [0.1, 0.15) is 71.1 Å². The summed E-state index contributed by atoms with van der Waals surface area (Å²) < 4.78 is 39.4. The van der Waals surface area contributed by atoms with Gasteiger partial charge in [-0.2, -0.15) is 13.2 Å². The number of rotatable bonds is 2. The third-order valence-electron chi connectivity index (χ3n) is 8.99. The average molecular weight is 356 g/mol. The van der Waals surface area contributed by atoms with Gasteiger partial charge in [0, 0.05) is 6.42 Å². The highest BCUT2D eigenvalue weighted by atomic mass is 19.4. The molecule has 0 aromatic rings. The van der Waals surface area contributed by atoms with Gasteiger partial charge in [0.15, 0.2) is 0 Å². The molecule has 142 valence electrons. The summed E-state index contributed by atoms with van der Waals surface area (Å²) in [5, 5.41) is 0. The van der Waals surface area contributed by atoms with E-state index in [4.69, 9.17) is 0 Å². The number of alkyl halides is 3. The van der Waals surface area contributed by atoms with Gasteiger partial charge in [-0.15, -0.1) is 0 Å². The lowest BCUT2D eigenvalue weighted by atomic mass is 9.49. The summed E-state index contributed by atoms with van der Waals surface area (Å²) >= 11 is 0. The maximum atomic E-state index is 13.1. The van der Waals surface area contributed by atoms with Crippen molar-refractivity contribution in [3.8, 4) is 0 Å². The molecule has 0 heterocycles. The molecular formula is C21H31F3O. The Morgan fingerprint density at radius 3 is 2.44 bits per heavy atom. The molecule has 0 aromatic heterocycles. The predicted molar refractivity (Wildman–Crippen MR) is 90.8 cm³/mol.